The van der Waals surface area contributed by atoms with E-state index < -0.39 is 0 Å². The Morgan fingerprint density at radius 1 is 0.938 bits per heavy atom. The van der Waals surface area contributed by atoms with E-state index in [0.29, 0.717) is 32.7 Å². The third kappa shape index (κ3) is 5.65. The first-order valence-electron chi connectivity index (χ1n) is 11.4. The predicted molar refractivity (Wildman–Crippen MR) is 124 cm³/mol. The van der Waals surface area contributed by atoms with Crippen molar-refractivity contribution < 1.29 is 14.0 Å². The van der Waals surface area contributed by atoms with Crippen molar-refractivity contribution in [3.8, 4) is 0 Å². The van der Waals surface area contributed by atoms with Gasteiger partial charge < -0.3 is 15.1 Å². The highest BCUT2D eigenvalue weighted by Gasteiger charge is 2.23. The second kappa shape index (κ2) is 10.1. The molecule has 2 saturated heterocycles. The smallest absolute Gasteiger partial charge is 0.238 e. The fourth-order valence-corrected chi connectivity index (χ4v) is 4.40. The SMILES string of the molecule is Cc1cc(N2CCCC2)ccc1NC(=O)CN1CCN(C(=O)Cc2ccc(F)cc2)CC1. The largest absolute Gasteiger partial charge is 0.372 e. The molecule has 0 atom stereocenters. The van der Waals surface area contributed by atoms with Gasteiger partial charge in [-0.15, -0.1) is 0 Å². The fourth-order valence-electron chi connectivity index (χ4n) is 4.40. The van der Waals surface area contributed by atoms with Crippen LogP contribution in [-0.2, 0) is 16.0 Å². The quantitative estimate of drug-likeness (QED) is 0.753. The summed E-state index contributed by atoms with van der Waals surface area (Å²) in [5.41, 5.74) is 3.95. The van der Waals surface area contributed by atoms with Crippen LogP contribution in [0.2, 0.25) is 0 Å². The van der Waals surface area contributed by atoms with Gasteiger partial charge in [-0.25, -0.2) is 4.39 Å². The summed E-state index contributed by atoms with van der Waals surface area (Å²) < 4.78 is 13.0. The first-order chi connectivity index (χ1) is 15.5. The molecule has 170 valence electrons. The van der Waals surface area contributed by atoms with Crippen LogP contribution in [0.3, 0.4) is 0 Å². The lowest BCUT2D eigenvalue weighted by Gasteiger charge is -2.34. The van der Waals surface area contributed by atoms with Gasteiger partial charge in [-0.3, -0.25) is 14.5 Å². The Morgan fingerprint density at radius 3 is 2.28 bits per heavy atom. The zero-order valence-electron chi connectivity index (χ0n) is 18.6. The molecular weight excluding hydrogens is 407 g/mol. The van der Waals surface area contributed by atoms with Gasteiger partial charge >= 0.3 is 0 Å². The molecule has 2 aromatic rings. The van der Waals surface area contributed by atoms with Crippen molar-refractivity contribution in [2.75, 3.05) is 56.0 Å². The number of amides is 2. The summed E-state index contributed by atoms with van der Waals surface area (Å²) in [6.45, 7) is 7.06. The molecule has 0 aromatic heterocycles. The van der Waals surface area contributed by atoms with Crippen LogP contribution in [0.4, 0.5) is 15.8 Å². The second-order valence-corrected chi connectivity index (χ2v) is 8.70. The van der Waals surface area contributed by atoms with Crippen molar-refractivity contribution in [2.24, 2.45) is 0 Å². The molecule has 0 unspecified atom stereocenters. The molecule has 0 saturated carbocycles. The van der Waals surface area contributed by atoms with E-state index in [4.69, 9.17) is 0 Å². The molecule has 0 spiro atoms. The van der Waals surface area contributed by atoms with E-state index in [1.165, 1.54) is 30.7 Å². The van der Waals surface area contributed by atoms with Gasteiger partial charge in [0.1, 0.15) is 5.82 Å². The van der Waals surface area contributed by atoms with E-state index in [-0.39, 0.29) is 24.1 Å². The zero-order chi connectivity index (χ0) is 22.5. The first-order valence-corrected chi connectivity index (χ1v) is 11.4. The molecule has 0 aliphatic carbocycles. The molecular formula is C25H31FN4O2. The topological polar surface area (TPSA) is 55.9 Å². The molecule has 2 aromatic carbocycles. The highest BCUT2D eigenvalue weighted by atomic mass is 19.1. The number of aryl methyl sites for hydroxylation is 1. The molecule has 1 N–H and O–H groups in total. The average molecular weight is 439 g/mol. The third-order valence-corrected chi connectivity index (χ3v) is 6.32. The van der Waals surface area contributed by atoms with Gasteiger partial charge in [0.05, 0.1) is 13.0 Å². The molecule has 4 rings (SSSR count). The molecule has 0 radical (unpaired) electrons. The van der Waals surface area contributed by atoms with Crippen LogP contribution in [0, 0.1) is 12.7 Å². The van der Waals surface area contributed by atoms with Crippen molar-refractivity contribution >= 4 is 23.2 Å². The van der Waals surface area contributed by atoms with Crippen LogP contribution < -0.4 is 10.2 Å². The number of halogens is 1. The molecule has 2 amide bonds. The number of benzene rings is 2. The Balaban J connectivity index is 1.23. The lowest BCUT2D eigenvalue weighted by Crippen LogP contribution is -2.50. The summed E-state index contributed by atoms with van der Waals surface area (Å²) >= 11 is 0. The monoisotopic (exact) mass is 438 g/mol. The Hall–Kier alpha value is -2.93. The lowest BCUT2D eigenvalue weighted by atomic mass is 10.1. The summed E-state index contributed by atoms with van der Waals surface area (Å²) in [6.07, 6.45) is 2.75. The lowest BCUT2D eigenvalue weighted by molar-refractivity contribution is -0.132. The molecule has 6 nitrogen and oxygen atoms in total. The van der Waals surface area contributed by atoms with E-state index in [9.17, 15) is 14.0 Å². The van der Waals surface area contributed by atoms with Crippen LogP contribution in [0.25, 0.3) is 0 Å². The maximum atomic E-state index is 13.0. The van der Waals surface area contributed by atoms with Gasteiger partial charge in [0.15, 0.2) is 0 Å². The van der Waals surface area contributed by atoms with Gasteiger partial charge in [-0.05, 0) is 61.2 Å². The summed E-state index contributed by atoms with van der Waals surface area (Å²) in [4.78, 5) is 31.4. The first kappa shape index (κ1) is 22.3. The molecule has 0 bridgehead atoms. The van der Waals surface area contributed by atoms with Crippen molar-refractivity contribution in [1.29, 1.82) is 0 Å². The maximum absolute atomic E-state index is 13.0. The minimum absolute atomic E-state index is 0.0342. The number of carbonyl (C=O) groups is 2. The van der Waals surface area contributed by atoms with Crippen molar-refractivity contribution in [1.82, 2.24) is 9.80 Å². The Labute approximate surface area is 189 Å². The molecule has 2 fully saturated rings. The normalized spacial score (nSPS) is 16.9. The molecule has 2 aliphatic rings. The Bertz CT molecular complexity index is 949. The highest BCUT2D eigenvalue weighted by Crippen LogP contribution is 2.25. The molecule has 2 heterocycles. The Kier molecular flexibility index (Phi) is 7.05. The predicted octanol–water partition coefficient (Wildman–Crippen LogP) is 3.06. The summed E-state index contributed by atoms with van der Waals surface area (Å²) in [5.74, 6) is -0.298. The number of hydrogen-bond acceptors (Lipinski definition) is 4. The van der Waals surface area contributed by atoms with Gasteiger partial charge in [0, 0.05) is 50.6 Å². The standard InChI is InChI=1S/C25H31FN4O2/c1-19-16-22(29-10-2-3-11-29)8-9-23(19)27-24(31)18-28-12-14-30(15-13-28)25(32)17-20-4-6-21(26)7-5-20/h4-9,16H,2-3,10-15,17-18H2,1H3,(H,27,31). The maximum Gasteiger partial charge on any atom is 0.238 e. The van der Waals surface area contributed by atoms with E-state index in [1.54, 1.807) is 12.1 Å². The van der Waals surface area contributed by atoms with Crippen LogP contribution in [0.15, 0.2) is 42.5 Å². The van der Waals surface area contributed by atoms with E-state index in [2.05, 4.69) is 27.2 Å². The third-order valence-electron chi connectivity index (χ3n) is 6.32. The number of rotatable bonds is 6. The van der Waals surface area contributed by atoms with E-state index in [0.717, 1.165) is 29.9 Å². The van der Waals surface area contributed by atoms with Gasteiger partial charge in [-0.1, -0.05) is 12.1 Å². The van der Waals surface area contributed by atoms with Crippen LogP contribution in [0.1, 0.15) is 24.0 Å². The van der Waals surface area contributed by atoms with E-state index in [1.807, 2.05) is 17.9 Å². The van der Waals surface area contributed by atoms with Gasteiger partial charge in [0.25, 0.3) is 0 Å². The van der Waals surface area contributed by atoms with Gasteiger partial charge in [0.2, 0.25) is 11.8 Å². The number of hydrogen-bond donors (Lipinski definition) is 1. The second-order valence-electron chi connectivity index (χ2n) is 8.70. The van der Waals surface area contributed by atoms with Crippen molar-refractivity contribution in [3.63, 3.8) is 0 Å². The number of nitrogens with one attached hydrogen (secondary N) is 1. The zero-order valence-corrected chi connectivity index (χ0v) is 18.6. The number of carbonyl (C=O) groups excluding carboxylic acids is 2. The Morgan fingerprint density at radius 2 is 1.62 bits per heavy atom. The van der Waals surface area contributed by atoms with Crippen LogP contribution >= 0.6 is 0 Å². The minimum Gasteiger partial charge on any atom is -0.372 e. The van der Waals surface area contributed by atoms with Crippen molar-refractivity contribution in [2.45, 2.75) is 26.2 Å². The van der Waals surface area contributed by atoms with Crippen molar-refractivity contribution in [3.05, 3.63) is 59.4 Å². The number of piperazine rings is 1. The molecule has 2 aliphatic heterocycles. The highest BCUT2D eigenvalue weighted by molar-refractivity contribution is 5.93. The van der Waals surface area contributed by atoms with Crippen LogP contribution in [0.5, 0.6) is 0 Å². The number of anilines is 2. The van der Waals surface area contributed by atoms with E-state index >= 15 is 0 Å². The summed E-state index contributed by atoms with van der Waals surface area (Å²) in [5, 5.41) is 3.04. The summed E-state index contributed by atoms with van der Waals surface area (Å²) in [7, 11) is 0. The summed E-state index contributed by atoms with van der Waals surface area (Å²) in [6, 6.07) is 12.3. The van der Waals surface area contributed by atoms with Gasteiger partial charge in [-0.2, -0.15) is 0 Å². The molecule has 7 heteroatoms. The minimum atomic E-state index is -0.300. The average Bonchev–Trinajstić information content (AvgIpc) is 3.32. The molecule has 32 heavy (non-hydrogen) atoms. The number of nitrogens with zero attached hydrogens (tertiary/aromatic N) is 3. The fraction of sp³-hybridized carbons (Fsp3) is 0.440. The van der Waals surface area contributed by atoms with Crippen LogP contribution in [-0.4, -0.2) is 67.4 Å².